The highest BCUT2D eigenvalue weighted by Gasteiger charge is 2.30. The van der Waals surface area contributed by atoms with Crippen LogP contribution in [0.1, 0.15) is 29.3 Å². The van der Waals surface area contributed by atoms with Crippen LogP contribution >= 0.6 is 0 Å². The van der Waals surface area contributed by atoms with E-state index in [4.69, 9.17) is 16.6 Å². The van der Waals surface area contributed by atoms with Crippen molar-refractivity contribution in [3.8, 4) is 11.8 Å². The van der Waals surface area contributed by atoms with E-state index in [2.05, 4.69) is 16.8 Å². The third-order valence-electron chi connectivity index (χ3n) is 4.18. The zero-order valence-corrected chi connectivity index (χ0v) is 15.8. The Morgan fingerprint density at radius 2 is 2.07 bits per heavy atom. The number of carboxylic acid groups (broad SMARTS) is 1. The summed E-state index contributed by atoms with van der Waals surface area (Å²) in [4.78, 5) is 42.6. The minimum atomic E-state index is -1.03. The molecule has 1 aliphatic heterocycles. The van der Waals surface area contributed by atoms with E-state index in [9.17, 15) is 14.4 Å². The Hall–Kier alpha value is -3.54. The number of aliphatic carboxylic acids is 1. The van der Waals surface area contributed by atoms with Crippen molar-refractivity contribution < 1.29 is 19.5 Å². The molecule has 1 atom stereocenters. The lowest BCUT2D eigenvalue weighted by Crippen LogP contribution is -2.38. The second-order valence-electron chi connectivity index (χ2n) is 6.49. The fourth-order valence-corrected chi connectivity index (χ4v) is 2.63. The van der Waals surface area contributed by atoms with E-state index in [-0.39, 0.29) is 37.3 Å². The average Bonchev–Trinajstić information content (AvgIpc) is 2.73. The van der Waals surface area contributed by atoms with Crippen LogP contribution in [0.3, 0.4) is 0 Å². The lowest BCUT2D eigenvalue weighted by molar-refractivity contribution is -0.137. The molecule has 1 aliphatic rings. The molecule has 0 fully saturated rings. The molecule has 0 aromatic heterocycles. The highest BCUT2D eigenvalue weighted by atomic mass is 16.4. The van der Waals surface area contributed by atoms with Gasteiger partial charge in [0.2, 0.25) is 5.91 Å². The van der Waals surface area contributed by atoms with Crippen molar-refractivity contribution in [1.29, 1.82) is 0 Å². The number of benzene rings is 1. The van der Waals surface area contributed by atoms with Gasteiger partial charge in [0.15, 0.2) is 5.96 Å². The molecule has 0 spiro atoms. The average molecular weight is 385 g/mol. The van der Waals surface area contributed by atoms with Gasteiger partial charge in [0.05, 0.1) is 24.2 Å². The third-order valence-corrected chi connectivity index (χ3v) is 4.18. The first kappa shape index (κ1) is 20.8. The van der Waals surface area contributed by atoms with Crippen LogP contribution in [-0.4, -0.2) is 60.4 Å². The molecule has 28 heavy (non-hydrogen) atoms. The number of guanidine groups is 1. The number of nitrogens with two attached hydrogens (primary N) is 2. The number of amides is 2. The Kier molecular flexibility index (Phi) is 6.60. The molecule has 5 N–H and O–H groups in total. The van der Waals surface area contributed by atoms with Crippen LogP contribution in [-0.2, 0) is 9.59 Å². The van der Waals surface area contributed by atoms with Crippen molar-refractivity contribution in [2.24, 2.45) is 22.4 Å². The van der Waals surface area contributed by atoms with Gasteiger partial charge >= 0.3 is 5.97 Å². The number of nitrogens with zero attached hydrogens (tertiary/aromatic N) is 3. The van der Waals surface area contributed by atoms with Crippen molar-refractivity contribution in [2.75, 3.05) is 31.6 Å². The summed E-state index contributed by atoms with van der Waals surface area (Å²) in [5.41, 5.74) is 12.0. The van der Waals surface area contributed by atoms with Gasteiger partial charge in [-0.05, 0) is 25.1 Å². The number of hydrogen-bond acceptors (Lipinski definition) is 4. The van der Waals surface area contributed by atoms with Gasteiger partial charge in [-0.2, -0.15) is 0 Å². The quantitative estimate of drug-likeness (QED) is 0.365. The normalized spacial score (nSPS) is 14.5. The van der Waals surface area contributed by atoms with Gasteiger partial charge in [-0.3, -0.25) is 19.4 Å². The fourth-order valence-electron chi connectivity index (χ4n) is 2.63. The molecule has 1 aromatic rings. The summed E-state index contributed by atoms with van der Waals surface area (Å²) in [7, 11) is 1.58. The predicted molar refractivity (Wildman–Crippen MR) is 105 cm³/mol. The van der Waals surface area contributed by atoms with E-state index in [0.29, 0.717) is 23.4 Å². The van der Waals surface area contributed by atoms with Crippen molar-refractivity contribution in [2.45, 2.75) is 13.3 Å². The highest BCUT2D eigenvalue weighted by Crippen LogP contribution is 2.26. The minimum Gasteiger partial charge on any atom is -0.481 e. The van der Waals surface area contributed by atoms with Crippen LogP contribution in [0.25, 0.3) is 0 Å². The molecule has 2 amide bonds. The molecule has 0 saturated heterocycles. The van der Waals surface area contributed by atoms with Gasteiger partial charge in [-0.1, -0.05) is 11.8 Å². The molecule has 0 bridgehead atoms. The lowest BCUT2D eigenvalue weighted by atomic mass is 10.1. The zero-order chi connectivity index (χ0) is 20.8. The second kappa shape index (κ2) is 8.90. The summed E-state index contributed by atoms with van der Waals surface area (Å²) < 4.78 is 0. The van der Waals surface area contributed by atoms with Crippen molar-refractivity contribution >= 4 is 29.4 Å². The van der Waals surface area contributed by atoms with E-state index in [1.54, 1.807) is 25.2 Å². The van der Waals surface area contributed by atoms with Gasteiger partial charge < -0.3 is 26.4 Å². The SMILES string of the molecule is CC(C#Cc1ccc2c(c1)C(=O)N(CCC(=O)O)CC(=O)N2C)CN=C(N)N. The predicted octanol–water partition coefficient (Wildman–Crippen LogP) is -0.159. The third kappa shape index (κ3) is 5.23. The smallest absolute Gasteiger partial charge is 0.305 e. The molecule has 9 nitrogen and oxygen atoms in total. The molecule has 1 aromatic carbocycles. The monoisotopic (exact) mass is 385 g/mol. The maximum Gasteiger partial charge on any atom is 0.305 e. The molecule has 148 valence electrons. The van der Waals surface area contributed by atoms with Gasteiger partial charge in [-0.15, -0.1) is 0 Å². The molecule has 1 unspecified atom stereocenters. The molecule has 1 heterocycles. The van der Waals surface area contributed by atoms with Gasteiger partial charge in [0.1, 0.15) is 6.54 Å². The van der Waals surface area contributed by atoms with Gasteiger partial charge in [-0.25, -0.2) is 0 Å². The van der Waals surface area contributed by atoms with E-state index in [1.807, 2.05) is 6.92 Å². The van der Waals surface area contributed by atoms with E-state index >= 15 is 0 Å². The number of carboxylic acids is 1. The van der Waals surface area contributed by atoms with Crippen LogP contribution in [0.2, 0.25) is 0 Å². The van der Waals surface area contributed by atoms with Crippen LogP contribution < -0.4 is 16.4 Å². The molecular weight excluding hydrogens is 362 g/mol. The number of rotatable bonds is 5. The number of fused-ring (bicyclic) bond motifs is 1. The summed E-state index contributed by atoms with van der Waals surface area (Å²) in [6.07, 6.45) is -0.236. The van der Waals surface area contributed by atoms with Crippen molar-refractivity contribution in [3.63, 3.8) is 0 Å². The van der Waals surface area contributed by atoms with Crippen molar-refractivity contribution in [3.05, 3.63) is 29.3 Å². The maximum absolute atomic E-state index is 12.9. The number of carbonyl (C=O) groups is 3. The number of likely N-dealkylation sites (N-methyl/N-ethyl adjacent to an activating group) is 1. The first-order valence-electron chi connectivity index (χ1n) is 8.67. The Balaban J connectivity index is 2.32. The van der Waals surface area contributed by atoms with Crippen LogP contribution in [0.5, 0.6) is 0 Å². The van der Waals surface area contributed by atoms with Crippen LogP contribution in [0.15, 0.2) is 23.2 Å². The summed E-state index contributed by atoms with van der Waals surface area (Å²) in [6.45, 7) is 2.01. The topological polar surface area (TPSA) is 142 Å². The summed E-state index contributed by atoms with van der Waals surface area (Å²) >= 11 is 0. The molecule has 0 aliphatic carbocycles. The lowest BCUT2D eigenvalue weighted by Gasteiger charge is -2.18. The summed E-state index contributed by atoms with van der Waals surface area (Å²) in [5.74, 6) is 4.18. The summed E-state index contributed by atoms with van der Waals surface area (Å²) in [5, 5.41) is 8.88. The largest absolute Gasteiger partial charge is 0.481 e. The van der Waals surface area contributed by atoms with E-state index in [0.717, 1.165) is 0 Å². The summed E-state index contributed by atoms with van der Waals surface area (Å²) in [6, 6.07) is 5.00. The van der Waals surface area contributed by atoms with Gasteiger partial charge in [0.25, 0.3) is 5.91 Å². The van der Waals surface area contributed by atoms with E-state index < -0.39 is 11.9 Å². The number of anilines is 1. The van der Waals surface area contributed by atoms with Gasteiger partial charge in [0, 0.05) is 25.1 Å². The second-order valence-corrected chi connectivity index (χ2v) is 6.49. The molecular formula is C19H23N5O4. The standard InChI is InChI=1S/C19H23N5O4/c1-12(10-22-19(20)21)3-4-13-5-6-15-14(9-13)18(28)24(8-7-17(26)27)11-16(25)23(15)2/h5-6,9,12H,7-8,10-11H2,1-2H3,(H,26,27)(H4,20,21,22). The highest BCUT2D eigenvalue weighted by molar-refractivity contribution is 6.09. The van der Waals surface area contributed by atoms with Crippen molar-refractivity contribution in [1.82, 2.24) is 4.90 Å². The number of aliphatic imine (C=N–C) groups is 1. The number of carbonyl (C=O) groups excluding carboxylic acids is 2. The molecule has 0 radical (unpaired) electrons. The minimum absolute atomic E-state index is 0.00145. The zero-order valence-electron chi connectivity index (χ0n) is 15.8. The maximum atomic E-state index is 12.9. The Bertz CT molecular complexity index is 880. The first-order chi connectivity index (χ1) is 13.2. The first-order valence-corrected chi connectivity index (χ1v) is 8.67. The van der Waals surface area contributed by atoms with Crippen LogP contribution in [0.4, 0.5) is 5.69 Å². The van der Waals surface area contributed by atoms with E-state index in [1.165, 1.54) is 9.80 Å². The number of hydrogen-bond donors (Lipinski definition) is 3. The Morgan fingerprint density at radius 3 is 2.71 bits per heavy atom. The van der Waals surface area contributed by atoms with Crippen LogP contribution in [0, 0.1) is 17.8 Å². The Morgan fingerprint density at radius 1 is 1.36 bits per heavy atom. The fraction of sp³-hybridized carbons (Fsp3) is 0.368. The molecule has 0 saturated carbocycles. The molecule has 2 rings (SSSR count). The molecule has 9 heteroatoms. The Labute approximate surface area is 163 Å².